The molecule has 12 heteroatoms. The van der Waals surface area contributed by atoms with Crippen molar-refractivity contribution in [2.45, 2.75) is 25.9 Å². The summed E-state index contributed by atoms with van der Waals surface area (Å²) in [5.41, 5.74) is 3.53. The van der Waals surface area contributed by atoms with Crippen LogP contribution in [0.3, 0.4) is 0 Å². The largest absolute Gasteiger partial charge is 0.378 e. The minimum absolute atomic E-state index is 0. The van der Waals surface area contributed by atoms with Crippen molar-refractivity contribution >= 4 is 29.9 Å². The quantitative estimate of drug-likeness (QED) is 0.399. The number of carbonyl (C=O) groups is 1. The van der Waals surface area contributed by atoms with Crippen LogP contribution in [-0.4, -0.2) is 85.6 Å². The van der Waals surface area contributed by atoms with Crippen molar-refractivity contribution in [2.75, 3.05) is 37.7 Å². The topological polar surface area (TPSA) is 117 Å². The van der Waals surface area contributed by atoms with Crippen LogP contribution in [0.5, 0.6) is 0 Å². The highest BCUT2D eigenvalue weighted by molar-refractivity contribution is 5.94. The molecule has 194 valence electrons. The van der Waals surface area contributed by atoms with Crippen LogP contribution in [0.2, 0.25) is 0 Å². The fourth-order valence-corrected chi connectivity index (χ4v) is 4.96. The first-order chi connectivity index (χ1) is 17.6. The van der Waals surface area contributed by atoms with Crippen molar-refractivity contribution < 1.29 is 9.53 Å². The summed E-state index contributed by atoms with van der Waals surface area (Å²) >= 11 is 0. The number of carbonyl (C=O) groups excluding carboxylic acids is 1. The number of rotatable bonds is 6. The molecule has 2 unspecified atom stereocenters. The van der Waals surface area contributed by atoms with Crippen molar-refractivity contribution in [3.8, 4) is 22.5 Å². The van der Waals surface area contributed by atoms with E-state index in [1.165, 1.54) is 6.33 Å². The van der Waals surface area contributed by atoms with Crippen molar-refractivity contribution in [1.29, 1.82) is 0 Å². The number of ether oxygens (including phenoxy) is 1. The van der Waals surface area contributed by atoms with Gasteiger partial charge in [-0.1, -0.05) is 38.1 Å². The SMILES string of the molecule is CC(C)C1CN(CC2COCCN2)C(=O)N1c1ccn2ncc(-c3ccc(-c4ncn[nH]4)cc3)c2n1.Cl. The minimum Gasteiger partial charge on any atom is -0.378 e. The molecule has 0 bridgehead atoms. The zero-order valence-electron chi connectivity index (χ0n) is 20.7. The predicted molar refractivity (Wildman–Crippen MR) is 142 cm³/mol. The molecule has 2 N–H and O–H groups in total. The Labute approximate surface area is 220 Å². The number of nitrogens with one attached hydrogen (secondary N) is 2. The van der Waals surface area contributed by atoms with E-state index in [1.807, 2.05) is 52.5 Å². The van der Waals surface area contributed by atoms with Crippen molar-refractivity contribution in [1.82, 2.24) is 40.0 Å². The fraction of sp³-hybridized carbons (Fsp3) is 0.400. The van der Waals surface area contributed by atoms with Crippen LogP contribution in [0.15, 0.2) is 49.1 Å². The zero-order chi connectivity index (χ0) is 24.6. The summed E-state index contributed by atoms with van der Waals surface area (Å²) in [6, 6.07) is 10.0. The van der Waals surface area contributed by atoms with Crippen LogP contribution in [0, 0.1) is 5.92 Å². The number of benzene rings is 1. The lowest BCUT2D eigenvalue weighted by molar-refractivity contribution is 0.0678. The van der Waals surface area contributed by atoms with Crippen LogP contribution in [0.1, 0.15) is 13.8 Å². The van der Waals surface area contributed by atoms with Gasteiger partial charge in [-0.3, -0.25) is 10.00 Å². The summed E-state index contributed by atoms with van der Waals surface area (Å²) in [5.74, 6) is 1.63. The second-order valence-electron chi connectivity index (χ2n) is 9.62. The summed E-state index contributed by atoms with van der Waals surface area (Å²) in [5, 5.41) is 14.7. The molecule has 2 amide bonds. The number of aromatic nitrogens is 6. The first-order valence-electron chi connectivity index (χ1n) is 12.3. The van der Waals surface area contributed by atoms with Crippen LogP contribution in [0.4, 0.5) is 10.6 Å². The molecule has 0 aliphatic carbocycles. The van der Waals surface area contributed by atoms with Crippen LogP contribution >= 0.6 is 12.4 Å². The zero-order valence-corrected chi connectivity index (χ0v) is 21.6. The maximum Gasteiger partial charge on any atom is 0.326 e. The Bertz CT molecular complexity index is 1350. The lowest BCUT2D eigenvalue weighted by atomic mass is 10.0. The molecule has 3 aromatic heterocycles. The van der Waals surface area contributed by atoms with E-state index >= 15 is 0 Å². The number of amides is 2. The Hall–Kier alpha value is -3.54. The molecular formula is C25H30ClN9O2. The van der Waals surface area contributed by atoms with Crippen LogP contribution in [0.25, 0.3) is 28.2 Å². The number of nitrogens with zero attached hydrogens (tertiary/aromatic N) is 7. The van der Waals surface area contributed by atoms with Crippen molar-refractivity contribution in [3.05, 3.63) is 49.1 Å². The van der Waals surface area contributed by atoms with E-state index < -0.39 is 0 Å². The molecule has 0 radical (unpaired) electrons. The first-order valence-corrected chi connectivity index (χ1v) is 12.3. The number of aromatic amines is 1. The average molecular weight is 524 g/mol. The predicted octanol–water partition coefficient (Wildman–Crippen LogP) is 2.86. The number of urea groups is 1. The third-order valence-electron chi connectivity index (χ3n) is 6.91. The Morgan fingerprint density at radius 1 is 1.16 bits per heavy atom. The van der Waals surface area contributed by atoms with Gasteiger partial charge in [-0.25, -0.2) is 19.3 Å². The van der Waals surface area contributed by atoms with Gasteiger partial charge < -0.3 is 15.0 Å². The van der Waals surface area contributed by atoms with Gasteiger partial charge in [0, 0.05) is 43.0 Å². The van der Waals surface area contributed by atoms with Crippen LogP contribution < -0.4 is 10.2 Å². The molecule has 2 aliphatic heterocycles. The molecule has 2 atom stereocenters. The molecule has 0 saturated carbocycles. The smallest absolute Gasteiger partial charge is 0.326 e. The van der Waals surface area contributed by atoms with Crippen molar-refractivity contribution in [3.63, 3.8) is 0 Å². The highest BCUT2D eigenvalue weighted by Crippen LogP contribution is 2.31. The summed E-state index contributed by atoms with van der Waals surface area (Å²) in [6.07, 6.45) is 5.17. The van der Waals surface area contributed by atoms with E-state index in [2.05, 4.69) is 39.4 Å². The normalized spacial score (nSPS) is 20.1. The number of halogens is 1. The van der Waals surface area contributed by atoms with E-state index in [9.17, 15) is 4.79 Å². The lowest BCUT2D eigenvalue weighted by Gasteiger charge is -2.28. The van der Waals surface area contributed by atoms with Gasteiger partial charge in [0.2, 0.25) is 0 Å². The maximum absolute atomic E-state index is 13.6. The Balaban J connectivity index is 0.00000280. The average Bonchev–Trinajstić information content (AvgIpc) is 3.64. The van der Waals surface area contributed by atoms with E-state index in [4.69, 9.17) is 9.72 Å². The summed E-state index contributed by atoms with van der Waals surface area (Å²) in [7, 11) is 0. The van der Waals surface area contributed by atoms with Gasteiger partial charge in [-0.2, -0.15) is 10.2 Å². The molecule has 11 nitrogen and oxygen atoms in total. The Kier molecular flexibility index (Phi) is 7.09. The molecule has 4 aromatic rings. The van der Waals surface area contributed by atoms with E-state index in [1.54, 1.807) is 4.52 Å². The molecule has 37 heavy (non-hydrogen) atoms. The summed E-state index contributed by atoms with van der Waals surface area (Å²) < 4.78 is 7.34. The Morgan fingerprint density at radius 2 is 1.97 bits per heavy atom. The van der Waals surface area contributed by atoms with Gasteiger partial charge in [-0.15, -0.1) is 12.4 Å². The number of hydrogen-bond donors (Lipinski definition) is 2. The third kappa shape index (κ3) is 4.77. The van der Waals surface area contributed by atoms with Gasteiger partial charge >= 0.3 is 6.03 Å². The van der Waals surface area contributed by atoms with E-state index in [-0.39, 0.29) is 36.4 Å². The standard InChI is InChI=1S/C25H29N9O2.ClH/c1-16(2)21-13-32(12-19-14-36-10-8-26-19)25(35)34(21)22-7-9-33-24(30-22)20(11-29-33)17-3-5-18(6-4-17)23-27-15-28-31-23;/h3-7,9,11,15-16,19,21,26H,8,10,12-14H2,1-2H3,(H,27,28,31);1H. The molecule has 2 fully saturated rings. The van der Waals surface area contributed by atoms with Gasteiger partial charge in [0.1, 0.15) is 12.1 Å². The monoisotopic (exact) mass is 523 g/mol. The molecule has 5 heterocycles. The van der Waals surface area contributed by atoms with Gasteiger partial charge in [0.25, 0.3) is 0 Å². The molecular weight excluding hydrogens is 494 g/mol. The lowest BCUT2D eigenvalue weighted by Crippen LogP contribution is -2.49. The summed E-state index contributed by atoms with van der Waals surface area (Å²) in [6.45, 7) is 7.73. The van der Waals surface area contributed by atoms with Gasteiger partial charge in [0.05, 0.1) is 25.5 Å². The van der Waals surface area contributed by atoms with Crippen LogP contribution in [-0.2, 0) is 4.74 Å². The van der Waals surface area contributed by atoms with E-state index in [0.29, 0.717) is 43.6 Å². The first kappa shape index (κ1) is 25.1. The molecule has 2 saturated heterocycles. The number of hydrogen-bond acceptors (Lipinski definition) is 7. The summed E-state index contributed by atoms with van der Waals surface area (Å²) in [4.78, 5) is 26.5. The number of morpholine rings is 1. The second-order valence-corrected chi connectivity index (χ2v) is 9.62. The molecule has 1 aromatic carbocycles. The molecule has 6 rings (SSSR count). The maximum atomic E-state index is 13.6. The second kappa shape index (κ2) is 10.4. The minimum atomic E-state index is -0.0181. The fourth-order valence-electron chi connectivity index (χ4n) is 4.96. The Morgan fingerprint density at radius 3 is 2.68 bits per heavy atom. The third-order valence-corrected chi connectivity index (χ3v) is 6.91. The van der Waals surface area contributed by atoms with Gasteiger partial charge in [-0.05, 0) is 17.5 Å². The molecule has 0 spiro atoms. The highest BCUT2D eigenvalue weighted by Gasteiger charge is 2.41. The van der Waals surface area contributed by atoms with E-state index in [0.717, 1.165) is 23.2 Å². The number of H-pyrrole nitrogens is 1. The molecule has 2 aliphatic rings. The highest BCUT2D eigenvalue weighted by atomic mass is 35.5. The van der Waals surface area contributed by atoms with Crippen molar-refractivity contribution in [2.24, 2.45) is 5.92 Å². The number of fused-ring (bicyclic) bond motifs is 1. The van der Waals surface area contributed by atoms with Gasteiger partial charge in [0.15, 0.2) is 11.5 Å². The number of anilines is 1.